The van der Waals surface area contributed by atoms with Crippen LogP contribution in [0.2, 0.25) is 0 Å². The fraction of sp³-hybridized carbons (Fsp3) is 0.130. The summed E-state index contributed by atoms with van der Waals surface area (Å²) in [6.07, 6.45) is 4.20. The Bertz CT molecular complexity index is 1520. The van der Waals surface area contributed by atoms with Crippen LogP contribution >= 0.6 is 0 Å². The molecule has 0 saturated carbocycles. The Labute approximate surface area is 179 Å². The van der Waals surface area contributed by atoms with Crippen LogP contribution in [0.25, 0.3) is 22.1 Å². The lowest BCUT2D eigenvalue weighted by Gasteiger charge is -2.06. The summed E-state index contributed by atoms with van der Waals surface area (Å²) in [4.78, 5) is 17.2. The monoisotopic (exact) mass is 433 g/mol. The van der Waals surface area contributed by atoms with Gasteiger partial charge in [0.1, 0.15) is 23.4 Å². The van der Waals surface area contributed by atoms with Crippen molar-refractivity contribution in [2.24, 2.45) is 7.05 Å². The molecule has 2 aromatic carbocycles. The van der Waals surface area contributed by atoms with Crippen molar-refractivity contribution in [3.8, 4) is 23.0 Å². The molecule has 8 heteroatoms. The van der Waals surface area contributed by atoms with Gasteiger partial charge < -0.3 is 8.98 Å². The highest BCUT2D eigenvalue weighted by Crippen LogP contribution is 2.22. The number of rotatable bonds is 3. The summed E-state index contributed by atoms with van der Waals surface area (Å²) in [6, 6.07) is 11.7. The van der Waals surface area contributed by atoms with Gasteiger partial charge in [-0.2, -0.15) is 0 Å². The van der Waals surface area contributed by atoms with Gasteiger partial charge in [-0.25, -0.2) is 13.4 Å². The van der Waals surface area contributed by atoms with Gasteiger partial charge in [0.25, 0.3) is 0 Å². The van der Waals surface area contributed by atoms with Gasteiger partial charge in [-0.3, -0.25) is 9.52 Å². The van der Waals surface area contributed by atoms with Gasteiger partial charge in [0.15, 0.2) is 5.43 Å². The molecule has 0 bridgehead atoms. The molecule has 0 spiro atoms. The number of nitrogens with one attached hydrogen (secondary N) is 1. The van der Waals surface area contributed by atoms with Gasteiger partial charge in [0.2, 0.25) is 10.0 Å². The summed E-state index contributed by atoms with van der Waals surface area (Å²) in [7, 11) is -1.47. The highest BCUT2D eigenvalue weighted by molar-refractivity contribution is 7.92. The SMILES string of the molecule is Cc1ncc(C#Cc2ccc3c(=O)c(-c4ccc(NS(C)(=O)=O)cc4)coc3c2)n1C. The van der Waals surface area contributed by atoms with Crippen LogP contribution in [-0.2, 0) is 17.1 Å². The third-order valence-corrected chi connectivity index (χ3v) is 5.44. The van der Waals surface area contributed by atoms with Crippen molar-refractivity contribution in [1.29, 1.82) is 0 Å². The lowest BCUT2D eigenvalue weighted by atomic mass is 10.0. The Morgan fingerprint density at radius 1 is 1.10 bits per heavy atom. The van der Waals surface area contributed by atoms with Crippen LogP contribution < -0.4 is 10.2 Å². The summed E-state index contributed by atoms with van der Waals surface area (Å²) >= 11 is 0. The minimum absolute atomic E-state index is 0.174. The number of fused-ring (bicyclic) bond motifs is 1. The van der Waals surface area contributed by atoms with E-state index in [1.165, 1.54) is 6.26 Å². The number of benzene rings is 2. The third kappa shape index (κ3) is 4.37. The fourth-order valence-electron chi connectivity index (χ4n) is 3.09. The zero-order valence-corrected chi connectivity index (χ0v) is 17.9. The molecule has 4 rings (SSSR count). The highest BCUT2D eigenvalue weighted by Gasteiger charge is 2.10. The second kappa shape index (κ2) is 7.78. The largest absolute Gasteiger partial charge is 0.463 e. The third-order valence-electron chi connectivity index (χ3n) is 4.83. The summed E-state index contributed by atoms with van der Waals surface area (Å²) in [5.74, 6) is 7.02. The summed E-state index contributed by atoms with van der Waals surface area (Å²) in [5.41, 5.74) is 3.22. The van der Waals surface area contributed by atoms with Crippen LogP contribution in [0.15, 0.2) is 64.1 Å². The van der Waals surface area contributed by atoms with Crippen LogP contribution in [0.1, 0.15) is 17.1 Å². The first-order valence-corrected chi connectivity index (χ1v) is 11.2. The molecule has 0 saturated heterocycles. The van der Waals surface area contributed by atoms with E-state index < -0.39 is 10.0 Å². The summed E-state index contributed by atoms with van der Waals surface area (Å²) < 4.78 is 32.7. The molecule has 0 unspecified atom stereocenters. The molecule has 0 aliphatic rings. The van der Waals surface area contributed by atoms with Crippen LogP contribution in [0.5, 0.6) is 0 Å². The number of hydrogen-bond acceptors (Lipinski definition) is 5. The molecule has 2 heterocycles. The minimum Gasteiger partial charge on any atom is -0.463 e. The van der Waals surface area contributed by atoms with Crippen LogP contribution in [0, 0.1) is 18.8 Å². The molecule has 0 fully saturated rings. The zero-order chi connectivity index (χ0) is 22.2. The molecule has 31 heavy (non-hydrogen) atoms. The lowest BCUT2D eigenvalue weighted by Crippen LogP contribution is -2.09. The van der Waals surface area contributed by atoms with Crippen molar-refractivity contribution >= 4 is 26.7 Å². The maximum absolute atomic E-state index is 13.0. The maximum Gasteiger partial charge on any atom is 0.229 e. The average molecular weight is 433 g/mol. The van der Waals surface area contributed by atoms with E-state index in [2.05, 4.69) is 21.5 Å². The van der Waals surface area contributed by atoms with Crippen LogP contribution in [0.4, 0.5) is 5.69 Å². The second-order valence-corrected chi connectivity index (χ2v) is 8.89. The average Bonchev–Trinajstić information content (AvgIpc) is 3.04. The number of nitrogens with zero attached hydrogens (tertiary/aromatic N) is 2. The molecule has 1 N–H and O–H groups in total. The van der Waals surface area contributed by atoms with Crippen LogP contribution in [-0.4, -0.2) is 24.2 Å². The Hall–Kier alpha value is -3.83. The number of aryl methyl sites for hydroxylation is 1. The van der Waals surface area contributed by atoms with Crippen molar-refractivity contribution in [3.63, 3.8) is 0 Å². The minimum atomic E-state index is -3.37. The predicted molar refractivity (Wildman–Crippen MR) is 120 cm³/mol. The lowest BCUT2D eigenvalue weighted by molar-refractivity contribution is 0.604. The van der Waals surface area contributed by atoms with Crippen LogP contribution in [0.3, 0.4) is 0 Å². The predicted octanol–water partition coefficient (Wildman–Crippen LogP) is 3.27. The summed E-state index contributed by atoms with van der Waals surface area (Å²) in [6.45, 7) is 1.91. The van der Waals surface area contributed by atoms with E-state index in [9.17, 15) is 13.2 Å². The van der Waals surface area contributed by atoms with Crippen molar-refractivity contribution in [1.82, 2.24) is 9.55 Å². The normalized spacial score (nSPS) is 11.2. The van der Waals surface area contributed by atoms with Gasteiger partial charge >= 0.3 is 0 Å². The first-order valence-electron chi connectivity index (χ1n) is 9.35. The van der Waals surface area contributed by atoms with E-state index in [4.69, 9.17) is 4.42 Å². The molecule has 0 radical (unpaired) electrons. The van der Waals surface area contributed by atoms with Gasteiger partial charge in [0, 0.05) is 18.3 Å². The van der Waals surface area contributed by atoms with E-state index in [1.54, 1.807) is 48.7 Å². The Balaban J connectivity index is 1.67. The zero-order valence-electron chi connectivity index (χ0n) is 17.1. The molecule has 0 aliphatic carbocycles. The van der Waals surface area contributed by atoms with Gasteiger partial charge in [-0.1, -0.05) is 18.1 Å². The van der Waals surface area contributed by atoms with E-state index in [-0.39, 0.29) is 5.43 Å². The maximum atomic E-state index is 13.0. The molecular weight excluding hydrogens is 414 g/mol. The van der Waals surface area contributed by atoms with Crippen molar-refractivity contribution in [3.05, 3.63) is 82.2 Å². The van der Waals surface area contributed by atoms with Gasteiger partial charge in [-0.15, -0.1) is 0 Å². The Kier molecular flexibility index (Phi) is 5.13. The first kappa shape index (κ1) is 20.4. The number of anilines is 1. The highest BCUT2D eigenvalue weighted by atomic mass is 32.2. The molecule has 0 aliphatic heterocycles. The van der Waals surface area contributed by atoms with Crippen molar-refractivity contribution in [2.75, 3.05) is 11.0 Å². The van der Waals surface area contributed by atoms with Gasteiger partial charge in [-0.05, 0) is 48.7 Å². The number of hydrogen-bond donors (Lipinski definition) is 1. The Morgan fingerprint density at radius 3 is 2.48 bits per heavy atom. The van der Waals surface area contributed by atoms with E-state index in [1.807, 2.05) is 18.5 Å². The Morgan fingerprint density at radius 2 is 1.84 bits per heavy atom. The van der Waals surface area contributed by atoms with E-state index >= 15 is 0 Å². The quantitative estimate of drug-likeness (QED) is 0.501. The topological polar surface area (TPSA) is 94.2 Å². The van der Waals surface area contributed by atoms with E-state index in [0.29, 0.717) is 27.8 Å². The van der Waals surface area contributed by atoms with Crippen molar-refractivity contribution in [2.45, 2.75) is 6.92 Å². The second-order valence-electron chi connectivity index (χ2n) is 7.14. The molecular formula is C23H19N3O4S. The van der Waals surface area contributed by atoms with Crippen molar-refractivity contribution < 1.29 is 12.8 Å². The number of sulfonamides is 1. The first-order chi connectivity index (χ1) is 14.7. The molecule has 4 aromatic rings. The van der Waals surface area contributed by atoms with Gasteiger partial charge in [0.05, 0.1) is 23.4 Å². The van der Waals surface area contributed by atoms with E-state index in [0.717, 1.165) is 23.3 Å². The summed E-state index contributed by atoms with van der Waals surface area (Å²) in [5, 5.41) is 0.442. The standard InChI is InChI=1S/C23H19N3O4S/c1-15-24-13-19(26(15)2)10-4-16-5-11-20-22(12-16)30-14-21(23(20)27)17-6-8-18(9-7-17)25-31(3,28)29/h5-9,11-14,25H,1-3H3. The molecule has 0 atom stereocenters. The fourth-order valence-corrected chi connectivity index (χ4v) is 3.66. The molecule has 156 valence electrons. The molecule has 0 amide bonds. The molecule has 2 aromatic heterocycles. The smallest absolute Gasteiger partial charge is 0.229 e. The molecule has 7 nitrogen and oxygen atoms in total. The number of imidazole rings is 1. The number of aromatic nitrogens is 2.